The number of carbonyl (C=O) groups is 5. The van der Waals surface area contributed by atoms with Gasteiger partial charge in [-0.25, -0.2) is 4.98 Å². The molecule has 0 aliphatic carbocycles. The second-order valence-corrected chi connectivity index (χ2v) is 10.9. The lowest BCUT2D eigenvalue weighted by atomic mass is 9.89. The summed E-state index contributed by atoms with van der Waals surface area (Å²) in [6.45, 7) is 4.47. The van der Waals surface area contributed by atoms with Crippen molar-refractivity contribution in [2.45, 2.75) is 58.2 Å². The average molecular weight is 573 g/mol. The number of ketones is 1. The fraction of sp³-hybridized carbons (Fsp3) is 0.387. The SMILES string of the molecule is CC(C)C[C@H](NC(=O)c1cnc2ccccc2n1)C(=O)NC(C[C@@H]1CCCNC1=O)C(=O)C(=O)NCc1ccccc1. The van der Waals surface area contributed by atoms with E-state index in [9.17, 15) is 24.0 Å². The number of fused-ring (bicyclic) bond motifs is 1. The number of para-hydroxylation sites is 2. The average Bonchev–Trinajstić information content (AvgIpc) is 2.99. The summed E-state index contributed by atoms with van der Waals surface area (Å²) in [7, 11) is 0. The van der Waals surface area contributed by atoms with Crippen molar-refractivity contribution in [1.82, 2.24) is 31.2 Å². The Bertz CT molecular complexity index is 1440. The second-order valence-electron chi connectivity index (χ2n) is 10.9. The third kappa shape index (κ3) is 8.18. The quantitative estimate of drug-likeness (QED) is 0.242. The highest BCUT2D eigenvalue weighted by molar-refractivity contribution is 6.38. The summed E-state index contributed by atoms with van der Waals surface area (Å²) in [5, 5.41) is 10.8. The fourth-order valence-corrected chi connectivity index (χ4v) is 4.87. The first-order chi connectivity index (χ1) is 20.2. The van der Waals surface area contributed by atoms with E-state index < -0.39 is 41.5 Å². The van der Waals surface area contributed by atoms with Crippen molar-refractivity contribution in [2.75, 3.05) is 6.54 Å². The molecule has 2 heterocycles. The van der Waals surface area contributed by atoms with E-state index >= 15 is 0 Å². The van der Waals surface area contributed by atoms with Gasteiger partial charge in [0.05, 0.1) is 23.3 Å². The number of Topliss-reactive ketones (excluding diaryl/α,β-unsaturated/α-hetero) is 1. The molecule has 4 N–H and O–H groups in total. The molecular formula is C31H36N6O5. The predicted molar refractivity (Wildman–Crippen MR) is 156 cm³/mol. The van der Waals surface area contributed by atoms with Gasteiger partial charge in [0.25, 0.3) is 11.8 Å². The smallest absolute Gasteiger partial charge is 0.289 e. The van der Waals surface area contributed by atoms with Gasteiger partial charge in [0.2, 0.25) is 17.6 Å². The minimum atomic E-state index is -1.26. The van der Waals surface area contributed by atoms with E-state index in [-0.39, 0.29) is 36.9 Å². The predicted octanol–water partition coefficient (Wildman–Crippen LogP) is 2.06. The van der Waals surface area contributed by atoms with Gasteiger partial charge in [0.1, 0.15) is 11.7 Å². The van der Waals surface area contributed by atoms with Crippen molar-refractivity contribution in [3.63, 3.8) is 0 Å². The van der Waals surface area contributed by atoms with Crippen LogP contribution >= 0.6 is 0 Å². The number of amides is 4. The van der Waals surface area contributed by atoms with Crippen LogP contribution in [-0.2, 0) is 25.7 Å². The third-order valence-electron chi connectivity index (χ3n) is 7.08. The molecule has 1 saturated heterocycles. The van der Waals surface area contributed by atoms with Crippen molar-refractivity contribution in [1.29, 1.82) is 0 Å². The van der Waals surface area contributed by atoms with E-state index in [1.54, 1.807) is 18.2 Å². The maximum absolute atomic E-state index is 13.6. The van der Waals surface area contributed by atoms with Gasteiger partial charge < -0.3 is 21.3 Å². The highest BCUT2D eigenvalue weighted by atomic mass is 16.2. The highest BCUT2D eigenvalue weighted by Crippen LogP contribution is 2.19. The van der Waals surface area contributed by atoms with Gasteiger partial charge in [-0.15, -0.1) is 0 Å². The summed E-state index contributed by atoms with van der Waals surface area (Å²) in [5.74, 6) is -3.69. The zero-order valence-electron chi connectivity index (χ0n) is 23.8. The van der Waals surface area contributed by atoms with Crippen LogP contribution in [0.1, 0.15) is 55.6 Å². The molecule has 2 aromatic carbocycles. The molecule has 0 bridgehead atoms. The third-order valence-corrected chi connectivity index (χ3v) is 7.08. The van der Waals surface area contributed by atoms with Crippen LogP contribution in [0.3, 0.4) is 0 Å². The Morgan fingerprint density at radius 2 is 1.67 bits per heavy atom. The van der Waals surface area contributed by atoms with Crippen molar-refractivity contribution < 1.29 is 24.0 Å². The number of rotatable bonds is 12. The molecule has 4 amide bonds. The summed E-state index contributed by atoms with van der Waals surface area (Å²) in [4.78, 5) is 74.0. The number of hydrogen-bond acceptors (Lipinski definition) is 7. The molecule has 1 fully saturated rings. The zero-order valence-corrected chi connectivity index (χ0v) is 23.8. The van der Waals surface area contributed by atoms with Gasteiger partial charge in [0.15, 0.2) is 0 Å². The maximum atomic E-state index is 13.6. The van der Waals surface area contributed by atoms with Crippen LogP contribution in [0.25, 0.3) is 11.0 Å². The number of nitrogens with zero attached hydrogens (tertiary/aromatic N) is 2. The Morgan fingerprint density at radius 1 is 0.952 bits per heavy atom. The molecule has 3 aromatic rings. The lowest BCUT2D eigenvalue weighted by Crippen LogP contribution is -2.55. The van der Waals surface area contributed by atoms with Gasteiger partial charge in [-0.1, -0.05) is 56.3 Å². The molecule has 0 saturated carbocycles. The first kappa shape index (κ1) is 30.3. The van der Waals surface area contributed by atoms with Crippen LogP contribution in [0.15, 0.2) is 60.8 Å². The van der Waals surface area contributed by atoms with Crippen LogP contribution in [0, 0.1) is 11.8 Å². The maximum Gasteiger partial charge on any atom is 0.289 e. The Morgan fingerprint density at radius 3 is 2.38 bits per heavy atom. The Hall–Kier alpha value is -4.67. The van der Waals surface area contributed by atoms with Crippen LogP contribution in [0.5, 0.6) is 0 Å². The van der Waals surface area contributed by atoms with Crippen molar-refractivity contribution >= 4 is 40.4 Å². The van der Waals surface area contributed by atoms with Crippen LogP contribution in [0.2, 0.25) is 0 Å². The Balaban J connectivity index is 1.50. The summed E-state index contributed by atoms with van der Waals surface area (Å²) in [5.41, 5.74) is 2.02. The van der Waals surface area contributed by atoms with E-state index in [4.69, 9.17) is 0 Å². The number of carbonyl (C=O) groups excluding carboxylic acids is 5. The zero-order chi connectivity index (χ0) is 30.1. The molecule has 0 radical (unpaired) electrons. The van der Waals surface area contributed by atoms with E-state index in [0.717, 1.165) is 12.0 Å². The van der Waals surface area contributed by atoms with Crippen LogP contribution in [0.4, 0.5) is 0 Å². The van der Waals surface area contributed by atoms with Crippen molar-refractivity contribution in [3.05, 3.63) is 72.1 Å². The van der Waals surface area contributed by atoms with E-state index in [2.05, 4.69) is 31.2 Å². The molecule has 1 aromatic heterocycles. The highest BCUT2D eigenvalue weighted by Gasteiger charge is 2.35. The largest absolute Gasteiger partial charge is 0.356 e. The number of hydrogen-bond donors (Lipinski definition) is 4. The molecule has 4 rings (SSSR count). The van der Waals surface area contributed by atoms with E-state index in [1.807, 2.05) is 50.2 Å². The van der Waals surface area contributed by atoms with Crippen molar-refractivity contribution in [3.8, 4) is 0 Å². The number of nitrogens with one attached hydrogen (secondary N) is 4. The molecule has 1 aliphatic rings. The molecule has 1 unspecified atom stereocenters. The van der Waals surface area contributed by atoms with E-state index in [1.165, 1.54) is 6.20 Å². The summed E-state index contributed by atoms with van der Waals surface area (Å²) >= 11 is 0. The molecule has 1 aliphatic heterocycles. The van der Waals surface area contributed by atoms with Crippen LogP contribution in [-0.4, -0.2) is 58.0 Å². The van der Waals surface area contributed by atoms with E-state index in [0.29, 0.717) is 24.0 Å². The molecular weight excluding hydrogens is 536 g/mol. The molecule has 0 spiro atoms. The van der Waals surface area contributed by atoms with Gasteiger partial charge in [-0.3, -0.25) is 29.0 Å². The summed E-state index contributed by atoms with van der Waals surface area (Å²) < 4.78 is 0. The normalized spacial score (nSPS) is 16.3. The topological polar surface area (TPSA) is 159 Å². The second kappa shape index (κ2) is 14.3. The Kier molecular flexibility index (Phi) is 10.3. The lowest BCUT2D eigenvalue weighted by Gasteiger charge is -2.28. The molecule has 220 valence electrons. The fourth-order valence-electron chi connectivity index (χ4n) is 4.87. The van der Waals surface area contributed by atoms with Crippen molar-refractivity contribution in [2.24, 2.45) is 11.8 Å². The monoisotopic (exact) mass is 572 g/mol. The first-order valence-electron chi connectivity index (χ1n) is 14.2. The lowest BCUT2D eigenvalue weighted by molar-refractivity contribution is -0.141. The van der Waals surface area contributed by atoms with Gasteiger partial charge >= 0.3 is 0 Å². The first-order valence-corrected chi connectivity index (χ1v) is 14.2. The molecule has 3 atom stereocenters. The minimum Gasteiger partial charge on any atom is -0.356 e. The summed E-state index contributed by atoms with van der Waals surface area (Å²) in [6.07, 6.45) is 2.83. The van der Waals surface area contributed by atoms with Gasteiger partial charge in [0, 0.05) is 19.0 Å². The summed E-state index contributed by atoms with van der Waals surface area (Å²) in [6, 6.07) is 13.9. The number of piperidine rings is 1. The standard InChI is InChI=1S/C31H36N6O5/c1-19(2)15-25(37-30(41)26-18-33-22-12-6-7-13-23(22)35-26)29(40)36-24(16-21-11-8-14-32-28(21)39)27(38)31(42)34-17-20-9-4-3-5-10-20/h3-7,9-10,12-13,18-19,21,24-25H,8,11,14-17H2,1-2H3,(H,32,39)(H,34,42)(H,36,40)(H,37,41)/t21-,24?,25-/m0/s1. The minimum absolute atomic E-state index is 0.0104. The van der Waals surface area contributed by atoms with Gasteiger partial charge in [-0.05, 0) is 49.3 Å². The molecule has 11 heteroatoms. The molecule has 11 nitrogen and oxygen atoms in total. The number of benzene rings is 2. The van der Waals surface area contributed by atoms with Gasteiger partial charge in [-0.2, -0.15) is 0 Å². The van der Waals surface area contributed by atoms with Crippen LogP contribution < -0.4 is 21.3 Å². The molecule has 42 heavy (non-hydrogen) atoms. The number of aromatic nitrogens is 2. The Labute approximate surface area is 244 Å².